The van der Waals surface area contributed by atoms with Gasteiger partial charge in [0.2, 0.25) is 10.0 Å². The molecule has 1 aliphatic rings. The molecule has 0 spiro atoms. The zero-order chi connectivity index (χ0) is 17.2. The van der Waals surface area contributed by atoms with E-state index in [4.69, 9.17) is 0 Å². The van der Waals surface area contributed by atoms with Crippen LogP contribution in [0.5, 0.6) is 0 Å². The quantitative estimate of drug-likeness (QED) is 0.774. The van der Waals surface area contributed by atoms with Crippen molar-refractivity contribution in [2.75, 3.05) is 26.2 Å². The molecule has 0 aromatic heterocycles. The normalized spacial score (nSPS) is 17.1. The number of piperazine rings is 1. The average Bonchev–Trinajstić information content (AvgIpc) is 2.56. The van der Waals surface area contributed by atoms with E-state index in [0.29, 0.717) is 26.2 Å². The van der Waals surface area contributed by atoms with Crippen LogP contribution in [0.2, 0.25) is 0 Å². The van der Waals surface area contributed by atoms with Crippen LogP contribution in [0.3, 0.4) is 0 Å². The summed E-state index contributed by atoms with van der Waals surface area (Å²) in [5, 5.41) is 0. The Hall–Kier alpha value is -1.28. The van der Waals surface area contributed by atoms with E-state index >= 15 is 0 Å². The van der Waals surface area contributed by atoms with Gasteiger partial charge in [-0.05, 0) is 42.0 Å². The Morgan fingerprint density at radius 2 is 1.67 bits per heavy atom. The SMILES string of the molecule is O=S(=O)(c1ccc(F)cc1)N1CCN(Cc2cccc(Br)c2)CC1. The van der Waals surface area contributed by atoms with E-state index in [-0.39, 0.29) is 4.90 Å². The van der Waals surface area contributed by atoms with E-state index < -0.39 is 15.8 Å². The fourth-order valence-electron chi connectivity index (χ4n) is 2.78. The minimum Gasteiger partial charge on any atom is -0.296 e. The van der Waals surface area contributed by atoms with E-state index in [9.17, 15) is 12.8 Å². The first-order chi connectivity index (χ1) is 11.4. The van der Waals surface area contributed by atoms with Gasteiger partial charge in [-0.3, -0.25) is 4.90 Å². The highest BCUT2D eigenvalue weighted by molar-refractivity contribution is 9.10. The molecule has 2 aromatic rings. The highest BCUT2D eigenvalue weighted by Gasteiger charge is 2.28. The largest absolute Gasteiger partial charge is 0.296 e. The van der Waals surface area contributed by atoms with Crippen LogP contribution >= 0.6 is 15.9 Å². The maximum Gasteiger partial charge on any atom is 0.243 e. The van der Waals surface area contributed by atoms with Crippen LogP contribution in [0.1, 0.15) is 5.56 Å². The molecule has 128 valence electrons. The Morgan fingerprint density at radius 3 is 2.29 bits per heavy atom. The van der Waals surface area contributed by atoms with Gasteiger partial charge in [-0.2, -0.15) is 4.31 Å². The van der Waals surface area contributed by atoms with Gasteiger partial charge in [0.15, 0.2) is 0 Å². The summed E-state index contributed by atoms with van der Waals surface area (Å²) in [7, 11) is -3.55. The van der Waals surface area contributed by atoms with Crippen molar-refractivity contribution in [3.8, 4) is 0 Å². The summed E-state index contributed by atoms with van der Waals surface area (Å²) >= 11 is 3.46. The monoisotopic (exact) mass is 412 g/mol. The molecule has 1 aliphatic heterocycles. The number of halogens is 2. The minimum atomic E-state index is -3.55. The molecule has 0 unspecified atom stereocenters. The molecule has 0 amide bonds. The number of nitrogens with zero attached hydrogens (tertiary/aromatic N) is 2. The maximum absolute atomic E-state index is 13.0. The van der Waals surface area contributed by atoms with Crippen LogP contribution in [-0.4, -0.2) is 43.8 Å². The first-order valence-electron chi connectivity index (χ1n) is 7.68. The van der Waals surface area contributed by atoms with Gasteiger partial charge in [-0.1, -0.05) is 28.1 Å². The standard InChI is InChI=1S/C17H18BrFN2O2S/c18-15-3-1-2-14(12-15)13-20-8-10-21(11-9-20)24(22,23)17-6-4-16(19)5-7-17/h1-7,12H,8-11,13H2. The van der Waals surface area contributed by atoms with E-state index in [1.807, 2.05) is 12.1 Å². The third-order valence-electron chi connectivity index (χ3n) is 4.08. The summed E-state index contributed by atoms with van der Waals surface area (Å²) < 4.78 is 40.7. The Bertz CT molecular complexity index is 804. The molecule has 0 N–H and O–H groups in total. The molecule has 0 bridgehead atoms. The molecule has 0 saturated carbocycles. The van der Waals surface area contributed by atoms with Crippen molar-refractivity contribution in [3.63, 3.8) is 0 Å². The summed E-state index contributed by atoms with van der Waals surface area (Å²) in [6, 6.07) is 13.1. The van der Waals surface area contributed by atoms with Crippen molar-refractivity contribution in [3.05, 3.63) is 64.4 Å². The molecule has 7 heteroatoms. The Morgan fingerprint density at radius 1 is 1.00 bits per heavy atom. The second-order valence-corrected chi connectivity index (χ2v) is 8.62. The van der Waals surface area contributed by atoms with Crippen LogP contribution in [0.4, 0.5) is 4.39 Å². The van der Waals surface area contributed by atoms with Crippen LogP contribution in [0.25, 0.3) is 0 Å². The average molecular weight is 413 g/mol. The van der Waals surface area contributed by atoms with Gasteiger partial charge < -0.3 is 0 Å². The van der Waals surface area contributed by atoms with Crippen molar-refractivity contribution in [2.45, 2.75) is 11.4 Å². The highest BCUT2D eigenvalue weighted by atomic mass is 79.9. The molecule has 4 nitrogen and oxygen atoms in total. The first kappa shape index (κ1) is 17.5. The van der Waals surface area contributed by atoms with Crippen LogP contribution in [0, 0.1) is 5.82 Å². The Balaban J connectivity index is 1.63. The van der Waals surface area contributed by atoms with E-state index in [1.54, 1.807) is 0 Å². The summed E-state index contributed by atoms with van der Waals surface area (Å²) in [5.41, 5.74) is 1.19. The topological polar surface area (TPSA) is 40.6 Å². The summed E-state index contributed by atoms with van der Waals surface area (Å²) in [6.07, 6.45) is 0. The van der Waals surface area contributed by atoms with Crippen molar-refractivity contribution < 1.29 is 12.8 Å². The number of rotatable bonds is 4. The predicted molar refractivity (Wildman–Crippen MR) is 94.6 cm³/mol. The van der Waals surface area contributed by atoms with Crippen LogP contribution < -0.4 is 0 Å². The predicted octanol–water partition coefficient (Wildman–Crippen LogP) is 3.09. The molecule has 0 radical (unpaired) electrons. The molecular weight excluding hydrogens is 395 g/mol. The van der Waals surface area contributed by atoms with Gasteiger partial charge in [0.1, 0.15) is 5.82 Å². The van der Waals surface area contributed by atoms with Crippen LogP contribution in [0.15, 0.2) is 57.9 Å². The molecule has 2 aromatic carbocycles. The molecule has 0 aliphatic carbocycles. The van der Waals surface area contributed by atoms with Crippen molar-refractivity contribution in [1.29, 1.82) is 0 Å². The second-order valence-electron chi connectivity index (χ2n) is 5.76. The maximum atomic E-state index is 13.0. The lowest BCUT2D eigenvalue weighted by Crippen LogP contribution is -2.48. The smallest absolute Gasteiger partial charge is 0.243 e. The van der Waals surface area contributed by atoms with Crippen LogP contribution in [-0.2, 0) is 16.6 Å². The van der Waals surface area contributed by atoms with E-state index in [2.05, 4.69) is 33.0 Å². The van der Waals surface area contributed by atoms with Gasteiger partial charge in [0.05, 0.1) is 4.90 Å². The number of sulfonamides is 1. The van der Waals surface area contributed by atoms with Gasteiger partial charge in [-0.15, -0.1) is 0 Å². The van der Waals surface area contributed by atoms with Crippen molar-refractivity contribution in [2.24, 2.45) is 0 Å². The fourth-order valence-corrected chi connectivity index (χ4v) is 4.65. The lowest BCUT2D eigenvalue weighted by molar-refractivity contribution is 0.181. The number of benzene rings is 2. The van der Waals surface area contributed by atoms with E-state index in [0.717, 1.165) is 11.0 Å². The third kappa shape index (κ3) is 4.03. The molecule has 0 atom stereocenters. The molecule has 1 saturated heterocycles. The van der Waals surface area contributed by atoms with E-state index in [1.165, 1.54) is 34.1 Å². The summed E-state index contributed by atoms with van der Waals surface area (Å²) in [5.74, 6) is -0.437. The van der Waals surface area contributed by atoms with Gasteiger partial charge in [0, 0.05) is 37.2 Å². The number of hydrogen-bond donors (Lipinski definition) is 0. The van der Waals surface area contributed by atoms with Gasteiger partial charge in [0.25, 0.3) is 0 Å². The molecular formula is C17H18BrFN2O2S. The number of hydrogen-bond acceptors (Lipinski definition) is 3. The van der Waals surface area contributed by atoms with Crippen molar-refractivity contribution >= 4 is 26.0 Å². The Kier molecular flexibility index (Phi) is 5.34. The minimum absolute atomic E-state index is 0.143. The first-order valence-corrected chi connectivity index (χ1v) is 9.91. The summed E-state index contributed by atoms with van der Waals surface area (Å²) in [4.78, 5) is 2.38. The molecule has 1 heterocycles. The summed E-state index contributed by atoms with van der Waals surface area (Å²) in [6.45, 7) is 3.02. The molecule has 1 fully saturated rings. The highest BCUT2D eigenvalue weighted by Crippen LogP contribution is 2.19. The second kappa shape index (κ2) is 7.31. The molecule has 24 heavy (non-hydrogen) atoms. The van der Waals surface area contributed by atoms with Crippen molar-refractivity contribution in [1.82, 2.24) is 9.21 Å². The lowest BCUT2D eigenvalue weighted by Gasteiger charge is -2.34. The van der Waals surface area contributed by atoms with Gasteiger partial charge >= 0.3 is 0 Å². The lowest BCUT2D eigenvalue weighted by atomic mass is 10.2. The third-order valence-corrected chi connectivity index (χ3v) is 6.48. The zero-order valence-corrected chi connectivity index (χ0v) is 15.4. The fraction of sp³-hybridized carbons (Fsp3) is 0.294. The van der Waals surface area contributed by atoms with Gasteiger partial charge in [-0.25, -0.2) is 12.8 Å². The zero-order valence-electron chi connectivity index (χ0n) is 13.0. The molecule has 3 rings (SSSR count). The Labute approximate surface area is 150 Å².